The number of rotatable bonds is 7. The summed E-state index contributed by atoms with van der Waals surface area (Å²) in [6.07, 6.45) is 4.72. The summed E-state index contributed by atoms with van der Waals surface area (Å²) >= 11 is 0. The third kappa shape index (κ3) is 6.47. The Morgan fingerprint density at radius 2 is 0.857 bits per heavy atom. The van der Waals surface area contributed by atoms with Gasteiger partial charge < -0.3 is 4.90 Å². The molecule has 0 bridgehead atoms. The van der Waals surface area contributed by atoms with E-state index in [9.17, 15) is 0 Å². The monoisotopic (exact) mass is 824 g/mol. The second-order valence-electron chi connectivity index (χ2n) is 22.0. The molecule has 0 heterocycles. The van der Waals surface area contributed by atoms with Gasteiger partial charge in [0.25, 0.3) is 0 Å². The average molecular weight is 824 g/mol. The highest BCUT2D eigenvalue weighted by atomic mass is 15.1. The van der Waals surface area contributed by atoms with Gasteiger partial charge in [-0.15, -0.1) is 0 Å². The van der Waals surface area contributed by atoms with Gasteiger partial charge in [-0.1, -0.05) is 184 Å². The lowest BCUT2D eigenvalue weighted by atomic mass is 9.62. The first-order chi connectivity index (χ1) is 30.0. The number of hydrogen-bond donors (Lipinski definition) is 0. The molecule has 3 aliphatic carbocycles. The summed E-state index contributed by atoms with van der Waals surface area (Å²) in [4.78, 5) is 2.61. The van der Waals surface area contributed by atoms with Gasteiger partial charge in [-0.05, 0) is 162 Å². The minimum Gasteiger partial charge on any atom is -0.310 e. The van der Waals surface area contributed by atoms with Gasteiger partial charge in [-0.25, -0.2) is 0 Å². The van der Waals surface area contributed by atoms with E-state index in [0.29, 0.717) is 5.92 Å². The van der Waals surface area contributed by atoms with Crippen molar-refractivity contribution in [2.75, 3.05) is 4.90 Å². The molecule has 0 unspecified atom stereocenters. The van der Waals surface area contributed by atoms with Crippen molar-refractivity contribution < 1.29 is 0 Å². The van der Waals surface area contributed by atoms with Crippen LogP contribution in [0.15, 0.2) is 158 Å². The maximum atomic E-state index is 2.64. The summed E-state index contributed by atoms with van der Waals surface area (Å²) in [6.45, 7) is 24.4. The van der Waals surface area contributed by atoms with E-state index in [1.165, 1.54) is 109 Å². The van der Waals surface area contributed by atoms with E-state index >= 15 is 0 Å². The van der Waals surface area contributed by atoms with E-state index in [-0.39, 0.29) is 21.7 Å². The van der Waals surface area contributed by atoms with Gasteiger partial charge in [-0.3, -0.25) is 0 Å². The first-order valence-corrected chi connectivity index (χ1v) is 23.6. The Morgan fingerprint density at radius 3 is 1.43 bits per heavy atom. The summed E-state index contributed by atoms with van der Waals surface area (Å²) in [5.41, 5.74) is 21.3. The van der Waals surface area contributed by atoms with E-state index in [0.717, 1.165) is 5.69 Å². The van der Waals surface area contributed by atoms with Crippen LogP contribution in [0.2, 0.25) is 0 Å². The Bertz CT molecular complexity index is 2810. The fourth-order valence-corrected chi connectivity index (χ4v) is 11.9. The van der Waals surface area contributed by atoms with Gasteiger partial charge in [0.2, 0.25) is 0 Å². The van der Waals surface area contributed by atoms with Gasteiger partial charge in [0.1, 0.15) is 0 Å². The fraction of sp³-hybridized carbons (Fsp3) is 0.323. The van der Waals surface area contributed by atoms with Gasteiger partial charge in [0.15, 0.2) is 0 Å². The summed E-state index contributed by atoms with van der Waals surface area (Å²) in [6, 6.07) is 60.9. The molecule has 0 atom stereocenters. The Hall–Kier alpha value is -5.66. The van der Waals surface area contributed by atoms with Crippen LogP contribution >= 0.6 is 0 Å². The van der Waals surface area contributed by atoms with Crippen LogP contribution in [0, 0.1) is 0 Å². The highest BCUT2D eigenvalue weighted by molar-refractivity contribution is 5.97. The van der Waals surface area contributed by atoms with E-state index in [1.807, 2.05) is 0 Å². The Labute approximate surface area is 378 Å². The van der Waals surface area contributed by atoms with E-state index < -0.39 is 5.41 Å². The number of benzene rings is 7. The smallest absolute Gasteiger partial charge is 0.0714 e. The van der Waals surface area contributed by atoms with E-state index in [4.69, 9.17) is 0 Å². The number of nitrogens with zero attached hydrogens (tertiary/aromatic N) is 1. The molecule has 1 nitrogen and oxygen atoms in total. The van der Waals surface area contributed by atoms with Gasteiger partial charge >= 0.3 is 0 Å². The molecule has 0 aromatic heterocycles. The standard InChI is InChI=1S/C62H65N/c1-41(2)47-38-55-56(61(9,10)35-34-60(55,7)8)39-48(47)50-37-49-46-28-20-21-29-51(46)62(42-22-14-11-15-23-42,43-24-16-12-17-25-43)53(49)40-57(50)63(44-26-18-13-19-27-44)45-30-31-52-54(36-45)59(5,6)33-32-58(52,3)4/h11-31,36-41H,32-35H2,1-10H3. The second kappa shape index (κ2) is 14.7. The predicted molar refractivity (Wildman–Crippen MR) is 269 cm³/mol. The van der Waals surface area contributed by atoms with Crippen LogP contribution in [0.5, 0.6) is 0 Å². The quantitative estimate of drug-likeness (QED) is 0.155. The second-order valence-corrected chi connectivity index (χ2v) is 22.0. The zero-order valence-electron chi connectivity index (χ0n) is 39.4. The van der Waals surface area contributed by atoms with Crippen molar-refractivity contribution in [3.05, 3.63) is 208 Å². The molecule has 1 heteroatoms. The number of hydrogen-bond acceptors (Lipinski definition) is 1. The van der Waals surface area contributed by atoms with Gasteiger partial charge in [-0.2, -0.15) is 0 Å². The van der Waals surface area contributed by atoms with Crippen LogP contribution in [-0.2, 0) is 27.1 Å². The lowest BCUT2D eigenvalue weighted by Crippen LogP contribution is -2.34. The summed E-state index contributed by atoms with van der Waals surface area (Å²) in [7, 11) is 0. The summed E-state index contributed by atoms with van der Waals surface area (Å²) in [5, 5.41) is 0. The van der Waals surface area contributed by atoms with Crippen LogP contribution < -0.4 is 4.90 Å². The van der Waals surface area contributed by atoms with Crippen molar-refractivity contribution >= 4 is 17.1 Å². The zero-order valence-corrected chi connectivity index (χ0v) is 39.4. The van der Waals surface area contributed by atoms with E-state index in [1.54, 1.807) is 0 Å². The number of para-hydroxylation sites is 1. The molecule has 0 N–H and O–H groups in total. The van der Waals surface area contributed by atoms with Gasteiger partial charge in [0, 0.05) is 16.9 Å². The molecular weight excluding hydrogens is 759 g/mol. The Kier molecular flexibility index (Phi) is 9.65. The highest BCUT2D eigenvalue weighted by Crippen LogP contribution is 2.60. The largest absolute Gasteiger partial charge is 0.310 e. The van der Waals surface area contributed by atoms with Crippen molar-refractivity contribution in [1.29, 1.82) is 0 Å². The molecule has 7 aromatic rings. The molecular formula is C62H65N. The molecule has 318 valence electrons. The summed E-state index contributed by atoms with van der Waals surface area (Å²) in [5.74, 6) is 0.323. The molecule has 3 aliphatic rings. The van der Waals surface area contributed by atoms with Crippen LogP contribution in [0.25, 0.3) is 22.3 Å². The van der Waals surface area contributed by atoms with Crippen molar-refractivity contribution in [3.8, 4) is 22.3 Å². The van der Waals surface area contributed by atoms with Crippen LogP contribution in [0.3, 0.4) is 0 Å². The first kappa shape index (κ1) is 41.4. The molecule has 0 fully saturated rings. The molecule has 0 amide bonds. The lowest BCUT2D eigenvalue weighted by Gasteiger charge is -2.43. The lowest BCUT2D eigenvalue weighted by molar-refractivity contribution is 0.331. The van der Waals surface area contributed by atoms with Crippen LogP contribution in [0.1, 0.15) is 151 Å². The van der Waals surface area contributed by atoms with Gasteiger partial charge in [0.05, 0.1) is 11.1 Å². The van der Waals surface area contributed by atoms with Crippen molar-refractivity contribution in [2.45, 2.75) is 128 Å². The minimum absolute atomic E-state index is 0.0586. The maximum absolute atomic E-state index is 2.64. The van der Waals surface area contributed by atoms with Crippen molar-refractivity contribution in [2.24, 2.45) is 0 Å². The predicted octanol–water partition coefficient (Wildman–Crippen LogP) is 17.0. The van der Waals surface area contributed by atoms with Crippen LogP contribution in [0.4, 0.5) is 17.1 Å². The Balaban J connectivity index is 1.38. The number of fused-ring (bicyclic) bond motifs is 5. The molecule has 7 aromatic carbocycles. The number of anilines is 3. The maximum Gasteiger partial charge on any atom is 0.0714 e. The first-order valence-electron chi connectivity index (χ1n) is 23.6. The molecule has 0 spiro atoms. The molecule has 0 radical (unpaired) electrons. The fourth-order valence-electron chi connectivity index (χ4n) is 11.9. The highest BCUT2D eigenvalue weighted by Gasteiger charge is 2.47. The van der Waals surface area contributed by atoms with E-state index in [2.05, 4.69) is 232 Å². The topological polar surface area (TPSA) is 3.24 Å². The Morgan fingerprint density at radius 1 is 0.365 bits per heavy atom. The molecule has 0 saturated carbocycles. The average Bonchev–Trinajstić information content (AvgIpc) is 3.57. The van der Waals surface area contributed by atoms with Crippen LogP contribution in [-0.4, -0.2) is 0 Å². The molecule has 10 rings (SSSR count). The third-order valence-electron chi connectivity index (χ3n) is 15.9. The molecule has 0 aliphatic heterocycles. The molecule has 63 heavy (non-hydrogen) atoms. The molecule has 0 saturated heterocycles. The minimum atomic E-state index is -0.533. The third-order valence-corrected chi connectivity index (χ3v) is 15.9. The normalized spacial score (nSPS) is 18.2. The zero-order chi connectivity index (χ0) is 44.1. The van der Waals surface area contributed by atoms with Crippen molar-refractivity contribution in [3.63, 3.8) is 0 Å². The summed E-state index contributed by atoms with van der Waals surface area (Å²) < 4.78 is 0. The SMILES string of the molecule is CC(C)c1cc2c(cc1-c1cc3c(cc1N(c1ccccc1)c1ccc4c(c1)C(C)(C)CCC4(C)C)C(c1ccccc1)(c1ccccc1)c1ccccc1-3)C(C)(C)CCC2(C)C. The van der Waals surface area contributed by atoms with Crippen molar-refractivity contribution in [1.82, 2.24) is 0 Å².